The number of rotatable bonds is 2. The molecular formula is C11H7ClN6O2. The summed E-state index contributed by atoms with van der Waals surface area (Å²) in [5.41, 5.74) is 0.246. The molecule has 0 atom stereocenters. The minimum absolute atomic E-state index is 0.0251. The van der Waals surface area contributed by atoms with E-state index in [1.54, 1.807) is 6.07 Å². The summed E-state index contributed by atoms with van der Waals surface area (Å²) >= 11 is 5.92. The summed E-state index contributed by atoms with van der Waals surface area (Å²) in [5, 5.41) is 2.53. The van der Waals surface area contributed by atoms with Crippen molar-refractivity contribution in [2.45, 2.75) is 0 Å². The van der Waals surface area contributed by atoms with Crippen LogP contribution < -0.4 is 10.9 Å². The standard InChI is InChI=1S/C11H7ClN6O2/c12-7-6-8(15-4-14-6)17-11(16-7)18-10(20)5-2-1-3-13-9(5)19/h1-4H,(H,13,19)(H2,14,15,16,17,18,20). The van der Waals surface area contributed by atoms with E-state index in [2.05, 4.69) is 30.2 Å². The number of aromatic amines is 2. The summed E-state index contributed by atoms with van der Waals surface area (Å²) in [4.78, 5) is 40.4. The van der Waals surface area contributed by atoms with Crippen LogP contribution in [0.4, 0.5) is 5.95 Å². The molecule has 0 unspecified atom stereocenters. The van der Waals surface area contributed by atoms with Gasteiger partial charge in [0.1, 0.15) is 11.1 Å². The number of carbonyl (C=O) groups is 1. The van der Waals surface area contributed by atoms with E-state index < -0.39 is 11.5 Å². The van der Waals surface area contributed by atoms with Gasteiger partial charge in [-0.2, -0.15) is 9.97 Å². The molecule has 0 aliphatic rings. The Hall–Kier alpha value is -2.74. The van der Waals surface area contributed by atoms with Crippen LogP contribution in [0.1, 0.15) is 10.4 Å². The zero-order valence-corrected chi connectivity index (χ0v) is 10.6. The highest BCUT2D eigenvalue weighted by Gasteiger charge is 2.14. The van der Waals surface area contributed by atoms with Crippen molar-refractivity contribution in [3.8, 4) is 0 Å². The van der Waals surface area contributed by atoms with E-state index in [-0.39, 0.29) is 16.7 Å². The lowest BCUT2D eigenvalue weighted by atomic mass is 10.2. The van der Waals surface area contributed by atoms with Gasteiger partial charge in [-0.3, -0.25) is 14.9 Å². The van der Waals surface area contributed by atoms with Gasteiger partial charge in [-0.15, -0.1) is 0 Å². The molecule has 0 aliphatic carbocycles. The molecule has 1 amide bonds. The summed E-state index contributed by atoms with van der Waals surface area (Å²) in [6.07, 6.45) is 2.85. The largest absolute Gasteiger partial charge is 0.341 e. The predicted octanol–water partition coefficient (Wildman–Crippen LogP) is 0.947. The number of imidazole rings is 1. The maximum absolute atomic E-state index is 11.9. The second-order valence-electron chi connectivity index (χ2n) is 3.81. The first kappa shape index (κ1) is 12.3. The average Bonchev–Trinajstić information content (AvgIpc) is 2.88. The molecule has 3 rings (SSSR count). The van der Waals surface area contributed by atoms with Gasteiger partial charge in [0, 0.05) is 6.20 Å². The Bertz CT molecular complexity index is 855. The second-order valence-corrected chi connectivity index (χ2v) is 4.16. The smallest absolute Gasteiger partial charge is 0.263 e. The summed E-state index contributed by atoms with van der Waals surface area (Å²) in [5.74, 6) is -0.652. The molecule has 3 heterocycles. The minimum Gasteiger partial charge on any atom is -0.341 e. The molecule has 0 aromatic carbocycles. The van der Waals surface area contributed by atoms with Gasteiger partial charge in [0.2, 0.25) is 5.95 Å². The quantitative estimate of drug-likeness (QED) is 0.607. The number of amides is 1. The maximum Gasteiger partial charge on any atom is 0.263 e. The molecule has 9 heteroatoms. The first-order valence-electron chi connectivity index (χ1n) is 5.51. The van der Waals surface area contributed by atoms with Crippen molar-refractivity contribution in [3.05, 3.63) is 45.7 Å². The summed E-state index contributed by atoms with van der Waals surface area (Å²) in [6, 6.07) is 2.93. The lowest BCUT2D eigenvalue weighted by molar-refractivity contribution is 0.102. The molecule has 0 spiro atoms. The number of halogens is 1. The van der Waals surface area contributed by atoms with Crippen molar-refractivity contribution in [1.29, 1.82) is 0 Å². The average molecular weight is 291 g/mol. The van der Waals surface area contributed by atoms with Crippen molar-refractivity contribution >= 4 is 34.6 Å². The van der Waals surface area contributed by atoms with Crippen molar-refractivity contribution in [2.24, 2.45) is 0 Å². The Kier molecular flexibility index (Phi) is 2.92. The third-order valence-corrected chi connectivity index (χ3v) is 2.80. The summed E-state index contributed by atoms with van der Waals surface area (Å²) in [7, 11) is 0. The molecule has 0 aliphatic heterocycles. The van der Waals surface area contributed by atoms with E-state index in [1.165, 1.54) is 18.6 Å². The van der Waals surface area contributed by atoms with E-state index in [4.69, 9.17) is 11.6 Å². The van der Waals surface area contributed by atoms with Crippen molar-refractivity contribution in [3.63, 3.8) is 0 Å². The minimum atomic E-state index is -0.627. The van der Waals surface area contributed by atoms with Crippen molar-refractivity contribution < 1.29 is 4.79 Å². The maximum atomic E-state index is 11.9. The van der Waals surface area contributed by atoms with Gasteiger partial charge in [0.05, 0.1) is 6.33 Å². The zero-order chi connectivity index (χ0) is 14.1. The number of hydrogen-bond acceptors (Lipinski definition) is 5. The third kappa shape index (κ3) is 2.12. The fourth-order valence-electron chi connectivity index (χ4n) is 1.62. The number of carbonyl (C=O) groups excluding carboxylic acids is 1. The van der Waals surface area contributed by atoms with E-state index in [9.17, 15) is 9.59 Å². The Morgan fingerprint density at radius 1 is 1.30 bits per heavy atom. The Labute approximate surface area is 116 Å². The van der Waals surface area contributed by atoms with E-state index in [0.717, 1.165) is 0 Å². The third-order valence-electron chi connectivity index (χ3n) is 2.53. The molecule has 8 nitrogen and oxygen atoms in total. The molecule has 3 aromatic rings. The van der Waals surface area contributed by atoms with Crippen LogP contribution in [-0.2, 0) is 0 Å². The fraction of sp³-hybridized carbons (Fsp3) is 0. The topological polar surface area (TPSA) is 116 Å². The van der Waals surface area contributed by atoms with Crippen LogP contribution in [0.2, 0.25) is 5.15 Å². The number of nitrogens with one attached hydrogen (secondary N) is 3. The molecule has 0 bridgehead atoms. The van der Waals surface area contributed by atoms with Crippen LogP contribution in [0.5, 0.6) is 0 Å². The van der Waals surface area contributed by atoms with Gasteiger partial charge in [-0.25, -0.2) is 4.98 Å². The van der Waals surface area contributed by atoms with Gasteiger partial charge < -0.3 is 9.97 Å². The van der Waals surface area contributed by atoms with Crippen LogP contribution in [0.25, 0.3) is 11.2 Å². The van der Waals surface area contributed by atoms with E-state index >= 15 is 0 Å². The summed E-state index contributed by atoms with van der Waals surface area (Å²) in [6.45, 7) is 0. The zero-order valence-electron chi connectivity index (χ0n) is 9.85. The predicted molar refractivity (Wildman–Crippen MR) is 71.7 cm³/mol. The lowest BCUT2D eigenvalue weighted by Gasteiger charge is -2.03. The molecule has 100 valence electrons. The Morgan fingerprint density at radius 3 is 2.95 bits per heavy atom. The highest BCUT2D eigenvalue weighted by atomic mass is 35.5. The second kappa shape index (κ2) is 4.74. The number of nitrogens with zero attached hydrogens (tertiary/aromatic N) is 3. The number of fused-ring (bicyclic) bond motifs is 1. The van der Waals surface area contributed by atoms with Crippen LogP contribution in [0.3, 0.4) is 0 Å². The lowest BCUT2D eigenvalue weighted by Crippen LogP contribution is -2.23. The molecule has 0 radical (unpaired) electrons. The SMILES string of the molecule is O=C(Nc1nc(Cl)c2[nH]cnc2n1)c1ccc[nH]c1=O. The number of H-pyrrole nitrogens is 2. The van der Waals surface area contributed by atoms with Gasteiger partial charge in [0.25, 0.3) is 11.5 Å². The van der Waals surface area contributed by atoms with Crippen LogP contribution >= 0.6 is 11.6 Å². The highest BCUT2D eigenvalue weighted by Crippen LogP contribution is 2.18. The molecule has 3 N–H and O–H groups in total. The van der Waals surface area contributed by atoms with Crippen LogP contribution in [0.15, 0.2) is 29.5 Å². The van der Waals surface area contributed by atoms with Gasteiger partial charge in [-0.05, 0) is 12.1 Å². The number of aromatic nitrogens is 5. The molecule has 20 heavy (non-hydrogen) atoms. The molecule has 0 fully saturated rings. The normalized spacial score (nSPS) is 10.7. The number of hydrogen-bond donors (Lipinski definition) is 3. The fourth-order valence-corrected chi connectivity index (χ4v) is 1.84. The number of pyridine rings is 1. The highest BCUT2D eigenvalue weighted by molar-refractivity contribution is 6.33. The monoisotopic (exact) mass is 290 g/mol. The van der Waals surface area contributed by atoms with E-state index in [0.29, 0.717) is 11.2 Å². The summed E-state index contributed by atoms with van der Waals surface area (Å²) < 4.78 is 0. The molecule has 0 saturated carbocycles. The first-order chi connectivity index (χ1) is 9.65. The Morgan fingerprint density at radius 2 is 2.15 bits per heavy atom. The van der Waals surface area contributed by atoms with Crippen molar-refractivity contribution in [2.75, 3.05) is 5.32 Å². The van der Waals surface area contributed by atoms with Gasteiger partial charge in [-0.1, -0.05) is 11.6 Å². The van der Waals surface area contributed by atoms with E-state index in [1.807, 2.05) is 0 Å². The first-order valence-corrected chi connectivity index (χ1v) is 5.88. The van der Waals surface area contributed by atoms with Gasteiger partial charge in [0.15, 0.2) is 10.8 Å². The van der Waals surface area contributed by atoms with Gasteiger partial charge >= 0.3 is 0 Å². The van der Waals surface area contributed by atoms with Crippen molar-refractivity contribution in [1.82, 2.24) is 24.9 Å². The molecule has 3 aromatic heterocycles. The molecule has 0 saturated heterocycles. The Balaban J connectivity index is 1.95. The van der Waals surface area contributed by atoms with Crippen LogP contribution in [-0.4, -0.2) is 30.8 Å². The molecular weight excluding hydrogens is 284 g/mol. The van der Waals surface area contributed by atoms with Crippen LogP contribution in [0, 0.1) is 0 Å². The number of anilines is 1.